The predicted molar refractivity (Wildman–Crippen MR) is 58.2 cm³/mol. The summed E-state index contributed by atoms with van der Waals surface area (Å²) in [7, 11) is 0. The summed E-state index contributed by atoms with van der Waals surface area (Å²) in [6.45, 7) is 3.99. The Morgan fingerprint density at radius 1 is 1.62 bits per heavy atom. The maximum atomic E-state index is 11.4. The number of aromatic amines is 1. The number of carbonyl (C=O) groups excluding carboxylic acids is 1. The first-order valence-electron chi connectivity index (χ1n) is 5.11. The van der Waals surface area contributed by atoms with Gasteiger partial charge in [0.15, 0.2) is 5.82 Å². The van der Waals surface area contributed by atoms with Crippen molar-refractivity contribution in [1.82, 2.24) is 10.2 Å². The third-order valence-corrected chi connectivity index (χ3v) is 2.31. The van der Waals surface area contributed by atoms with Gasteiger partial charge in [-0.15, -0.1) is 0 Å². The zero-order valence-electron chi connectivity index (χ0n) is 9.28. The van der Waals surface area contributed by atoms with E-state index in [1.54, 1.807) is 0 Å². The van der Waals surface area contributed by atoms with E-state index in [-0.39, 0.29) is 17.4 Å². The fourth-order valence-electron chi connectivity index (χ4n) is 1.15. The average Bonchev–Trinajstić information content (AvgIpc) is 2.65. The van der Waals surface area contributed by atoms with E-state index >= 15 is 0 Å². The summed E-state index contributed by atoms with van der Waals surface area (Å²) >= 11 is 0. The van der Waals surface area contributed by atoms with Crippen molar-refractivity contribution in [2.45, 2.75) is 26.7 Å². The van der Waals surface area contributed by atoms with E-state index in [0.717, 1.165) is 6.42 Å². The molecular formula is C10H15N3O3. The molecule has 0 aromatic carbocycles. The van der Waals surface area contributed by atoms with Crippen molar-refractivity contribution in [2.75, 3.05) is 5.32 Å². The Bertz CT molecular complexity index is 386. The molecule has 0 aliphatic heterocycles. The Labute approximate surface area is 93.1 Å². The second-order valence-electron chi connectivity index (χ2n) is 3.74. The summed E-state index contributed by atoms with van der Waals surface area (Å²) in [6.07, 6.45) is 1.33. The molecule has 1 atom stereocenters. The molecule has 6 heteroatoms. The van der Waals surface area contributed by atoms with Gasteiger partial charge < -0.3 is 10.4 Å². The van der Waals surface area contributed by atoms with Crippen molar-refractivity contribution in [3.63, 3.8) is 0 Å². The number of amides is 1. The molecule has 0 saturated heterocycles. The fraction of sp³-hybridized carbons (Fsp3) is 0.500. The predicted octanol–water partition coefficient (Wildman–Crippen LogP) is 1.48. The van der Waals surface area contributed by atoms with Gasteiger partial charge in [0.2, 0.25) is 5.91 Å². The van der Waals surface area contributed by atoms with Crippen molar-refractivity contribution in [3.8, 4) is 0 Å². The van der Waals surface area contributed by atoms with Gasteiger partial charge in [-0.2, -0.15) is 5.10 Å². The number of rotatable bonds is 5. The highest BCUT2D eigenvalue weighted by molar-refractivity contribution is 5.92. The van der Waals surface area contributed by atoms with Gasteiger partial charge in [0.05, 0.1) is 0 Å². The zero-order valence-corrected chi connectivity index (χ0v) is 9.28. The molecule has 1 amide bonds. The molecule has 1 aromatic heterocycles. The van der Waals surface area contributed by atoms with Crippen LogP contribution in [0.15, 0.2) is 6.07 Å². The Kier molecular flexibility index (Phi) is 4.04. The maximum absolute atomic E-state index is 11.4. The lowest BCUT2D eigenvalue weighted by Gasteiger charge is -2.06. The molecule has 0 aliphatic rings. The summed E-state index contributed by atoms with van der Waals surface area (Å²) in [4.78, 5) is 22.0. The number of hydrogen-bond acceptors (Lipinski definition) is 3. The number of nitrogens with zero attached hydrogens (tertiary/aromatic N) is 1. The maximum Gasteiger partial charge on any atom is 0.353 e. The lowest BCUT2D eigenvalue weighted by Crippen LogP contribution is -2.14. The normalized spacial score (nSPS) is 12.1. The van der Waals surface area contributed by atoms with Crippen LogP contribution in [0.25, 0.3) is 0 Å². The van der Waals surface area contributed by atoms with E-state index in [4.69, 9.17) is 5.11 Å². The van der Waals surface area contributed by atoms with Crippen LogP contribution in [0.5, 0.6) is 0 Å². The first-order chi connectivity index (χ1) is 7.52. The highest BCUT2D eigenvalue weighted by atomic mass is 16.4. The monoisotopic (exact) mass is 225 g/mol. The Balaban J connectivity index is 2.53. The topological polar surface area (TPSA) is 95.1 Å². The molecule has 1 aromatic rings. The Morgan fingerprint density at radius 3 is 2.81 bits per heavy atom. The number of nitrogens with one attached hydrogen (secondary N) is 2. The molecule has 1 rings (SSSR count). The molecule has 0 aliphatic carbocycles. The number of carboxylic acid groups (broad SMARTS) is 1. The molecule has 0 radical (unpaired) electrons. The van der Waals surface area contributed by atoms with Crippen LogP contribution in [0.1, 0.15) is 37.2 Å². The van der Waals surface area contributed by atoms with Gasteiger partial charge in [0, 0.05) is 12.5 Å². The van der Waals surface area contributed by atoms with Crippen LogP contribution in [0.2, 0.25) is 0 Å². The molecular weight excluding hydrogens is 210 g/mol. The van der Waals surface area contributed by atoms with Crippen LogP contribution < -0.4 is 5.32 Å². The van der Waals surface area contributed by atoms with E-state index in [9.17, 15) is 9.59 Å². The number of aromatic nitrogens is 2. The molecule has 1 heterocycles. The Hall–Kier alpha value is -1.85. The third kappa shape index (κ3) is 3.38. The third-order valence-electron chi connectivity index (χ3n) is 2.31. The zero-order chi connectivity index (χ0) is 12.1. The molecule has 0 spiro atoms. The van der Waals surface area contributed by atoms with E-state index < -0.39 is 5.97 Å². The minimum atomic E-state index is -1.10. The van der Waals surface area contributed by atoms with Crippen LogP contribution in [-0.4, -0.2) is 27.2 Å². The van der Waals surface area contributed by atoms with Crippen LogP contribution >= 0.6 is 0 Å². The average molecular weight is 225 g/mol. The first kappa shape index (κ1) is 12.2. The minimum Gasteiger partial charge on any atom is -0.477 e. The van der Waals surface area contributed by atoms with Gasteiger partial charge in [-0.1, -0.05) is 20.3 Å². The number of hydrogen-bond donors (Lipinski definition) is 3. The van der Waals surface area contributed by atoms with Gasteiger partial charge in [-0.3, -0.25) is 9.89 Å². The number of carbonyl (C=O) groups is 2. The highest BCUT2D eigenvalue weighted by Crippen LogP contribution is 2.10. The van der Waals surface area contributed by atoms with E-state index in [1.807, 2.05) is 13.8 Å². The highest BCUT2D eigenvalue weighted by Gasteiger charge is 2.11. The largest absolute Gasteiger partial charge is 0.477 e. The van der Waals surface area contributed by atoms with Gasteiger partial charge in [-0.25, -0.2) is 4.79 Å². The number of aromatic carboxylic acids is 1. The van der Waals surface area contributed by atoms with Crippen molar-refractivity contribution < 1.29 is 14.7 Å². The summed E-state index contributed by atoms with van der Waals surface area (Å²) in [5.74, 6) is -0.712. The molecule has 3 N–H and O–H groups in total. The lowest BCUT2D eigenvalue weighted by atomic mass is 10.1. The van der Waals surface area contributed by atoms with E-state index in [1.165, 1.54) is 6.07 Å². The minimum absolute atomic E-state index is 0.0427. The van der Waals surface area contributed by atoms with Gasteiger partial charge >= 0.3 is 5.97 Å². The summed E-state index contributed by atoms with van der Waals surface area (Å²) in [5, 5.41) is 17.2. The molecule has 6 nitrogen and oxygen atoms in total. The van der Waals surface area contributed by atoms with E-state index in [0.29, 0.717) is 12.3 Å². The van der Waals surface area contributed by atoms with Crippen LogP contribution in [0.4, 0.5) is 5.82 Å². The second-order valence-corrected chi connectivity index (χ2v) is 3.74. The van der Waals surface area contributed by atoms with E-state index in [2.05, 4.69) is 15.5 Å². The van der Waals surface area contributed by atoms with Gasteiger partial charge in [0.25, 0.3) is 0 Å². The molecule has 88 valence electrons. The molecule has 0 bridgehead atoms. The van der Waals surface area contributed by atoms with Crippen molar-refractivity contribution in [1.29, 1.82) is 0 Å². The smallest absolute Gasteiger partial charge is 0.353 e. The molecule has 16 heavy (non-hydrogen) atoms. The number of H-pyrrole nitrogens is 1. The van der Waals surface area contributed by atoms with Crippen LogP contribution in [-0.2, 0) is 4.79 Å². The number of anilines is 1. The Morgan fingerprint density at radius 2 is 2.31 bits per heavy atom. The quantitative estimate of drug-likeness (QED) is 0.707. The SMILES string of the molecule is CCC(C)CC(=O)Nc1cc(C(=O)O)[nH]n1. The summed E-state index contributed by atoms with van der Waals surface area (Å²) in [6, 6.07) is 1.29. The van der Waals surface area contributed by atoms with Crippen LogP contribution in [0.3, 0.4) is 0 Å². The summed E-state index contributed by atoms with van der Waals surface area (Å²) in [5.41, 5.74) is -0.0427. The molecule has 0 saturated carbocycles. The molecule has 1 unspecified atom stereocenters. The first-order valence-corrected chi connectivity index (χ1v) is 5.11. The standard InChI is InChI=1S/C10H15N3O3/c1-3-6(2)4-9(14)11-8-5-7(10(15)16)12-13-8/h5-6H,3-4H2,1-2H3,(H,15,16)(H2,11,12,13,14). The van der Waals surface area contributed by atoms with Crippen molar-refractivity contribution in [2.24, 2.45) is 5.92 Å². The van der Waals surface area contributed by atoms with Gasteiger partial charge in [-0.05, 0) is 5.92 Å². The fourth-order valence-corrected chi connectivity index (χ4v) is 1.15. The van der Waals surface area contributed by atoms with Gasteiger partial charge in [0.1, 0.15) is 5.69 Å². The second kappa shape index (κ2) is 5.29. The number of carboxylic acids is 1. The van der Waals surface area contributed by atoms with Crippen molar-refractivity contribution >= 4 is 17.7 Å². The lowest BCUT2D eigenvalue weighted by molar-refractivity contribution is -0.117. The van der Waals surface area contributed by atoms with Crippen molar-refractivity contribution in [3.05, 3.63) is 11.8 Å². The summed E-state index contributed by atoms with van der Waals surface area (Å²) < 4.78 is 0. The molecule has 0 fully saturated rings. The van der Waals surface area contributed by atoms with Crippen LogP contribution in [0, 0.1) is 5.92 Å².